The number of guanidine groups is 1. The Labute approximate surface area is 160 Å². The minimum atomic E-state index is 0.562. The SMILES string of the molecule is CCNC(=NCCOCc1ccccc1)Nc1ccc2c(c1)OCCCO2. The van der Waals surface area contributed by atoms with Crippen LogP contribution in [0.15, 0.2) is 53.5 Å². The fourth-order valence-corrected chi connectivity index (χ4v) is 2.67. The van der Waals surface area contributed by atoms with Crippen molar-refractivity contribution in [3.63, 3.8) is 0 Å². The average Bonchev–Trinajstić information content (AvgIpc) is 2.93. The molecule has 6 nitrogen and oxygen atoms in total. The highest BCUT2D eigenvalue weighted by molar-refractivity contribution is 5.93. The molecule has 144 valence electrons. The van der Waals surface area contributed by atoms with E-state index < -0.39 is 0 Å². The first-order valence-electron chi connectivity index (χ1n) is 9.42. The summed E-state index contributed by atoms with van der Waals surface area (Å²) in [6.07, 6.45) is 0.893. The molecule has 0 radical (unpaired) electrons. The largest absolute Gasteiger partial charge is 0.490 e. The molecule has 0 fully saturated rings. The van der Waals surface area contributed by atoms with Gasteiger partial charge in [0, 0.05) is 24.7 Å². The lowest BCUT2D eigenvalue weighted by Crippen LogP contribution is -2.31. The first kappa shape index (κ1) is 19.0. The Hall–Kier alpha value is -2.73. The van der Waals surface area contributed by atoms with Crippen LogP contribution >= 0.6 is 0 Å². The molecule has 1 aliphatic heterocycles. The quantitative estimate of drug-likeness (QED) is 0.445. The lowest BCUT2D eigenvalue weighted by Gasteiger charge is -2.13. The van der Waals surface area contributed by atoms with Crippen LogP contribution in [0.25, 0.3) is 0 Å². The second kappa shape index (κ2) is 10.4. The number of ether oxygens (including phenoxy) is 3. The van der Waals surface area contributed by atoms with Crippen molar-refractivity contribution in [2.75, 3.05) is 38.2 Å². The number of nitrogens with one attached hydrogen (secondary N) is 2. The number of aliphatic imine (C=N–C) groups is 1. The molecule has 2 aromatic carbocycles. The van der Waals surface area contributed by atoms with Crippen molar-refractivity contribution >= 4 is 11.6 Å². The van der Waals surface area contributed by atoms with Gasteiger partial charge in [0.05, 0.1) is 33.0 Å². The van der Waals surface area contributed by atoms with Crippen LogP contribution in [0.1, 0.15) is 18.9 Å². The van der Waals surface area contributed by atoms with Crippen molar-refractivity contribution in [3.8, 4) is 11.5 Å². The molecular weight excluding hydrogens is 342 g/mol. The Morgan fingerprint density at radius 2 is 1.89 bits per heavy atom. The van der Waals surface area contributed by atoms with Gasteiger partial charge >= 0.3 is 0 Å². The van der Waals surface area contributed by atoms with E-state index in [4.69, 9.17) is 14.2 Å². The molecule has 0 aromatic heterocycles. The van der Waals surface area contributed by atoms with E-state index in [1.807, 2.05) is 43.3 Å². The van der Waals surface area contributed by atoms with Gasteiger partial charge in [0.15, 0.2) is 17.5 Å². The Morgan fingerprint density at radius 3 is 2.70 bits per heavy atom. The van der Waals surface area contributed by atoms with E-state index in [0.717, 1.165) is 36.1 Å². The molecule has 6 heteroatoms. The minimum absolute atomic E-state index is 0.562. The molecule has 0 aliphatic carbocycles. The summed E-state index contributed by atoms with van der Waals surface area (Å²) in [7, 11) is 0. The maximum Gasteiger partial charge on any atom is 0.195 e. The van der Waals surface area contributed by atoms with Gasteiger partial charge < -0.3 is 24.8 Å². The van der Waals surface area contributed by atoms with Crippen LogP contribution in [0.2, 0.25) is 0 Å². The average molecular weight is 369 g/mol. The number of hydrogen-bond donors (Lipinski definition) is 2. The molecule has 0 saturated heterocycles. The lowest BCUT2D eigenvalue weighted by molar-refractivity contribution is 0.128. The van der Waals surface area contributed by atoms with Crippen LogP contribution in [-0.4, -0.2) is 38.9 Å². The van der Waals surface area contributed by atoms with Crippen LogP contribution in [0.5, 0.6) is 11.5 Å². The summed E-state index contributed by atoms with van der Waals surface area (Å²) in [5.74, 6) is 2.27. The van der Waals surface area contributed by atoms with Gasteiger partial charge in [-0.3, -0.25) is 4.99 Å². The summed E-state index contributed by atoms with van der Waals surface area (Å²) in [5, 5.41) is 6.55. The zero-order valence-electron chi connectivity index (χ0n) is 15.7. The number of hydrogen-bond acceptors (Lipinski definition) is 4. The highest BCUT2D eigenvalue weighted by Gasteiger charge is 2.11. The summed E-state index contributed by atoms with van der Waals surface area (Å²) < 4.78 is 17.1. The zero-order valence-corrected chi connectivity index (χ0v) is 15.7. The Bertz CT molecular complexity index is 735. The molecule has 3 rings (SSSR count). The van der Waals surface area contributed by atoms with Crippen molar-refractivity contribution in [3.05, 3.63) is 54.1 Å². The van der Waals surface area contributed by atoms with Gasteiger partial charge in [-0.15, -0.1) is 0 Å². The van der Waals surface area contributed by atoms with Gasteiger partial charge in [-0.25, -0.2) is 0 Å². The number of nitrogens with zero attached hydrogens (tertiary/aromatic N) is 1. The van der Waals surface area contributed by atoms with Gasteiger partial charge in [-0.1, -0.05) is 30.3 Å². The fraction of sp³-hybridized carbons (Fsp3) is 0.381. The molecule has 0 saturated carbocycles. The highest BCUT2D eigenvalue weighted by Crippen LogP contribution is 2.32. The van der Waals surface area contributed by atoms with Crippen LogP contribution in [-0.2, 0) is 11.3 Å². The smallest absolute Gasteiger partial charge is 0.195 e. The van der Waals surface area contributed by atoms with Crippen molar-refractivity contribution in [1.29, 1.82) is 0 Å². The fourth-order valence-electron chi connectivity index (χ4n) is 2.67. The monoisotopic (exact) mass is 369 g/mol. The van der Waals surface area contributed by atoms with E-state index in [2.05, 4.69) is 27.8 Å². The number of benzene rings is 2. The first-order valence-corrected chi connectivity index (χ1v) is 9.42. The predicted molar refractivity (Wildman–Crippen MR) is 108 cm³/mol. The van der Waals surface area contributed by atoms with Gasteiger partial charge in [0.1, 0.15) is 0 Å². The van der Waals surface area contributed by atoms with Crippen molar-refractivity contribution in [1.82, 2.24) is 5.32 Å². The van der Waals surface area contributed by atoms with Gasteiger partial charge in [0.2, 0.25) is 0 Å². The molecule has 2 aromatic rings. The second-order valence-electron chi connectivity index (χ2n) is 6.14. The van der Waals surface area contributed by atoms with Crippen LogP contribution in [0, 0.1) is 0 Å². The maximum absolute atomic E-state index is 5.74. The summed E-state index contributed by atoms with van der Waals surface area (Å²) in [6, 6.07) is 16.0. The first-order chi connectivity index (χ1) is 13.3. The Morgan fingerprint density at radius 1 is 1.07 bits per heavy atom. The molecular formula is C21H27N3O3. The van der Waals surface area contributed by atoms with Crippen LogP contribution in [0.4, 0.5) is 5.69 Å². The summed E-state index contributed by atoms with van der Waals surface area (Å²) >= 11 is 0. The standard InChI is InChI=1S/C21H27N3O3/c1-2-22-21(23-11-14-25-16-17-7-4-3-5-8-17)24-18-9-10-19-20(15-18)27-13-6-12-26-19/h3-5,7-10,15H,2,6,11-14,16H2,1H3,(H2,22,23,24). The van der Waals surface area contributed by atoms with Gasteiger partial charge in [-0.2, -0.15) is 0 Å². The van der Waals surface area contributed by atoms with E-state index in [0.29, 0.717) is 33.0 Å². The third-order valence-electron chi connectivity index (χ3n) is 3.97. The van der Waals surface area contributed by atoms with E-state index in [1.54, 1.807) is 0 Å². The normalized spacial score (nSPS) is 13.7. The third kappa shape index (κ3) is 6.18. The molecule has 0 amide bonds. The second-order valence-corrected chi connectivity index (χ2v) is 6.14. The van der Waals surface area contributed by atoms with Crippen LogP contribution in [0.3, 0.4) is 0 Å². The van der Waals surface area contributed by atoms with Crippen molar-refractivity contribution in [2.24, 2.45) is 4.99 Å². The molecule has 2 N–H and O–H groups in total. The molecule has 27 heavy (non-hydrogen) atoms. The maximum atomic E-state index is 5.74. The summed E-state index contributed by atoms with van der Waals surface area (Å²) in [4.78, 5) is 4.57. The molecule has 1 heterocycles. The lowest BCUT2D eigenvalue weighted by atomic mass is 10.2. The highest BCUT2D eigenvalue weighted by atomic mass is 16.5. The minimum Gasteiger partial charge on any atom is -0.490 e. The Balaban J connectivity index is 1.52. The van der Waals surface area contributed by atoms with Crippen molar-refractivity contribution < 1.29 is 14.2 Å². The molecule has 0 spiro atoms. The summed E-state index contributed by atoms with van der Waals surface area (Å²) in [6.45, 7) is 5.91. The number of fused-ring (bicyclic) bond motifs is 1. The summed E-state index contributed by atoms with van der Waals surface area (Å²) in [5.41, 5.74) is 2.07. The third-order valence-corrected chi connectivity index (χ3v) is 3.97. The van der Waals surface area contributed by atoms with E-state index in [-0.39, 0.29) is 0 Å². The van der Waals surface area contributed by atoms with Crippen molar-refractivity contribution in [2.45, 2.75) is 20.0 Å². The molecule has 0 unspecified atom stereocenters. The Kier molecular flexibility index (Phi) is 7.35. The predicted octanol–water partition coefficient (Wildman–Crippen LogP) is 3.44. The molecule has 0 bridgehead atoms. The van der Waals surface area contributed by atoms with E-state index in [9.17, 15) is 0 Å². The molecule has 1 aliphatic rings. The van der Waals surface area contributed by atoms with E-state index >= 15 is 0 Å². The van der Waals surface area contributed by atoms with E-state index in [1.165, 1.54) is 5.56 Å². The van der Waals surface area contributed by atoms with Gasteiger partial charge in [0.25, 0.3) is 0 Å². The number of anilines is 1. The topological polar surface area (TPSA) is 64.1 Å². The number of rotatable bonds is 7. The van der Waals surface area contributed by atoms with Gasteiger partial charge in [-0.05, 0) is 24.6 Å². The zero-order chi connectivity index (χ0) is 18.7. The molecule has 0 atom stereocenters. The van der Waals surface area contributed by atoms with Crippen LogP contribution < -0.4 is 20.1 Å².